The minimum absolute atomic E-state index is 0.0188. The third kappa shape index (κ3) is 4.38. The van der Waals surface area contributed by atoms with Gasteiger partial charge in [0.2, 0.25) is 0 Å². The van der Waals surface area contributed by atoms with E-state index < -0.39 is 0 Å². The number of rotatable bonds is 6. The summed E-state index contributed by atoms with van der Waals surface area (Å²) in [6, 6.07) is 7.09. The minimum atomic E-state index is -0.0573. The van der Waals surface area contributed by atoms with Gasteiger partial charge in [0.1, 0.15) is 5.75 Å². The van der Waals surface area contributed by atoms with Crippen molar-refractivity contribution in [3.8, 4) is 11.8 Å². The highest BCUT2D eigenvalue weighted by Crippen LogP contribution is 2.21. The molecule has 0 aliphatic heterocycles. The molecule has 1 atom stereocenters. The summed E-state index contributed by atoms with van der Waals surface area (Å²) in [6.07, 6.45) is 0. The van der Waals surface area contributed by atoms with Crippen LogP contribution in [0, 0.1) is 17.2 Å². The zero-order valence-corrected chi connectivity index (χ0v) is 11.7. The van der Waals surface area contributed by atoms with Gasteiger partial charge in [0, 0.05) is 24.2 Å². The van der Waals surface area contributed by atoms with Gasteiger partial charge in [-0.2, -0.15) is 5.26 Å². The Balaban J connectivity index is 2.87. The fraction of sp³-hybridized carbons (Fsp3) is 0.467. The molecule has 4 nitrogen and oxygen atoms in total. The van der Waals surface area contributed by atoms with E-state index in [0.717, 1.165) is 12.1 Å². The molecule has 1 rings (SSSR count). The standard InChI is InChI=1S/C15H20N2O2/c1-4-17(9-11(2)8-16)10-14-7-13(12(3)18)5-6-15(14)19/h5-7,11,19H,4,9-10H2,1-3H3. The first kappa shape index (κ1) is 15.2. The highest BCUT2D eigenvalue weighted by atomic mass is 16.3. The lowest BCUT2D eigenvalue weighted by Crippen LogP contribution is -2.27. The third-order valence-electron chi connectivity index (χ3n) is 3.08. The Bertz CT molecular complexity index is 491. The summed E-state index contributed by atoms with van der Waals surface area (Å²) in [6.45, 7) is 7.36. The lowest BCUT2D eigenvalue weighted by molar-refractivity contribution is 0.101. The Kier molecular flexibility index (Phi) is 5.53. The van der Waals surface area contributed by atoms with Crippen LogP contribution >= 0.6 is 0 Å². The SMILES string of the molecule is CCN(Cc1cc(C(C)=O)ccc1O)CC(C)C#N. The molecular weight excluding hydrogens is 240 g/mol. The summed E-state index contributed by atoms with van der Waals surface area (Å²) in [5.74, 6) is 0.112. The molecule has 0 spiro atoms. The molecule has 0 aliphatic rings. The Morgan fingerprint density at radius 2 is 2.21 bits per heavy atom. The number of carbonyl (C=O) groups excluding carboxylic acids is 1. The number of Topliss-reactive ketones (excluding diaryl/α,β-unsaturated/α-hetero) is 1. The van der Waals surface area contributed by atoms with Crippen LogP contribution in [-0.2, 0) is 6.54 Å². The predicted octanol–water partition coefficient (Wildman–Crippen LogP) is 2.58. The van der Waals surface area contributed by atoms with Crippen molar-refractivity contribution in [2.75, 3.05) is 13.1 Å². The van der Waals surface area contributed by atoms with Crippen LogP contribution in [0.2, 0.25) is 0 Å². The molecule has 0 radical (unpaired) electrons. The Labute approximate surface area is 114 Å². The van der Waals surface area contributed by atoms with Gasteiger partial charge in [-0.1, -0.05) is 6.92 Å². The number of phenols is 1. The summed E-state index contributed by atoms with van der Waals surface area (Å²) >= 11 is 0. The van der Waals surface area contributed by atoms with Crippen LogP contribution in [0.25, 0.3) is 0 Å². The summed E-state index contributed by atoms with van der Waals surface area (Å²) in [5.41, 5.74) is 1.32. The number of nitrogens with zero attached hydrogens (tertiary/aromatic N) is 2. The summed E-state index contributed by atoms with van der Waals surface area (Å²) in [4.78, 5) is 13.4. The van der Waals surface area contributed by atoms with Gasteiger partial charge in [0.25, 0.3) is 0 Å². The normalized spacial score (nSPS) is 12.2. The van der Waals surface area contributed by atoms with Gasteiger partial charge in [-0.25, -0.2) is 0 Å². The van der Waals surface area contributed by atoms with Crippen LogP contribution in [0.1, 0.15) is 36.7 Å². The number of carbonyl (C=O) groups is 1. The first-order chi connectivity index (χ1) is 8.97. The lowest BCUT2D eigenvalue weighted by atomic mass is 10.1. The van der Waals surface area contributed by atoms with Crippen LogP contribution in [0.15, 0.2) is 18.2 Å². The van der Waals surface area contributed by atoms with Gasteiger partial charge in [-0.3, -0.25) is 9.69 Å². The van der Waals surface area contributed by atoms with Crippen molar-refractivity contribution in [1.82, 2.24) is 4.90 Å². The molecule has 0 saturated heterocycles. The van der Waals surface area contributed by atoms with Crippen molar-refractivity contribution in [2.24, 2.45) is 5.92 Å². The van der Waals surface area contributed by atoms with E-state index in [0.29, 0.717) is 18.7 Å². The van der Waals surface area contributed by atoms with Crippen LogP contribution in [0.5, 0.6) is 5.75 Å². The van der Waals surface area contributed by atoms with Crippen molar-refractivity contribution in [2.45, 2.75) is 27.3 Å². The van der Waals surface area contributed by atoms with E-state index in [1.165, 1.54) is 6.92 Å². The number of aromatic hydroxyl groups is 1. The van der Waals surface area contributed by atoms with Gasteiger partial charge in [0.05, 0.1) is 12.0 Å². The number of hydrogen-bond acceptors (Lipinski definition) is 4. The molecule has 102 valence electrons. The zero-order chi connectivity index (χ0) is 14.4. The Morgan fingerprint density at radius 3 is 2.74 bits per heavy atom. The van der Waals surface area contributed by atoms with E-state index in [9.17, 15) is 9.90 Å². The van der Waals surface area contributed by atoms with Crippen LogP contribution in [0.4, 0.5) is 0 Å². The van der Waals surface area contributed by atoms with Gasteiger partial charge in [0.15, 0.2) is 5.78 Å². The monoisotopic (exact) mass is 260 g/mol. The minimum Gasteiger partial charge on any atom is -0.508 e. The molecular formula is C15H20N2O2. The average Bonchev–Trinajstić information content (AvgIpc) is 2.39. The first-order valence-electron chi connectivity index (χ1n) is 6.42. The maximum absolute atomic E-state index is 11.4. The molecule has 0 fully saturated rings. The highest BCUT2D eigenvalue weighted by molar-refractivity contribution is 5.94. The number of nitriles is 1. The second kappa shape index (κ2) is 6.91. The van der Waals surface area contributed by atoms with Crippen molar-refractivity contribution < 1.29 is 9.90 Å². The van der Waals surface area contributed by atoms with Crippen LogP contribution in [-0.4, -0.2) is 28.9 Å². The highest BCUT2D eigenvalue weighted by Gasteiger charge is 2.12. The fourth-order valence-corrected chi connectivity index (χ4v) is 1.91. The molecule has 4 heteroatoms. The van der Waals surface area contributed by atoms with Gasteiger partial charge in [-0.05, 0) is 38.6 Å². The molecule has 0 aromatic heterocycles. The first-order valence-corrected chi connectivity index (χ1v) is 6.42. The number of ketones is 1. The smallest absolute Gasteiger partial charge is 0.159 e. The number of benzene rings is 1. The molecule has 0 amide bonds. The van der Waals surface area contributed by atoms with E-state index in [-0.39, 0.29) is 17.5 Å². The summed E-state index contributed by atoms with van der Waals surface area (Å²) in [7, 11) is 0. The lowest BCUT2D eigenvalue weighted by Gasteiger charge is -2.22. The van der Waals surface area contributed by atoms with Gasteiger partial charge < -0.3 is 5.11 Å². The number of phenolic OH excluding ortho intramolecular Hbond substituents is 1. The van der Waals surface area contributed by atoms with Gasteiger partial charge >= 0.3 is 0 Å². The van der Waals surface area contributed by atoms with E-state index in [1.54, 1.807) is 18.2 Å². The molecule has 1 N–H and O–H groups in total. The third-order valence-corrected chi connectivity index (χ3v) is 3.08. The molecule has 1 aromatic rings. The maximum atomic E-state index is 11.4. The second-order valence-electron chi connectivity index (χ2n) is 4.76. The van der Waals surface area contributed by atoms with E-state index in [2.05, 4.69) is 11.0 Å². The van der Waals surface area contributed by atoms with Crippen molar-refractivity contribution in [3.05, 3.63) is 29.3 Å². The topological polar surface area (TPSA) is 64.3 Å². The van der Waals surface area contributed by atoms with E-state index >= 15 is 0 Å². The molecule has 0 saturated carbocycles. The Morgan fingerprint density at radius 1 is 1.53 bits per heavy atom. The van der Waals surface area contributed by atoms with Crippen molar-refractivity contribution in [1.29, 1.82) is 5.26 Å². The van der Waals surface area contributed by atoms with Crippen LogP contribution < -0.4 is 0 Å². The quantitative estimate of drug-likeness (QED) is 0.798. The molecule has 0 aliphatic carbocycles. The summed E-state index contributed by atoms with van der Waals surface area (Å²) in [5, 5.41) is 18.7. The maximum Gasteiger partial charge on any atom is 0.159 e. The molecule has 1 unspecified atom stereocenters. The molecule has 1 aromatic carbocycles. The second-order valence-corrected chi connectivity index (χ2v) is 4.76. The molecule has 0 heterocycles. The van der Waals surface area contributed by atoms with E-state index in [4.69, 9.17) is 5.26 Å². The fourth-order valence-electron chi connectivity index (χ4n) is 1.91. The molecule has 0 bridgehead atoms. The summed E-state index contributed by atoms with van der Waals surface area (Å²) < 4.78 is 0. The number of hydrogen-bond donors (Lipinski definition) is 1. The Hall–Kier alpha value is -1.86. The van der Waals surface area contributed by atoms with E-state index in [1.807, 2.05) is 13.8 Å². The average molecular weight is 260 g/mol. The zero-order valence-electron chi connectivity index (χ0n) is 11.7. The molecule has 19 heavy (non-hydrogen) atoms. The van der Waals surface area contributed by atoms with Gasteiger partial charge in [-0.15, -0.1) is 0 Å². The predicted molar refractivity (Wildman–Crippen MR) is 73.8 cm³/mol. The van der Waals surface area contributed by atoms with Crippen LogP contribution in [0.3, 0.4) is 0 Å². The van der Waals surface area contributed by atoms with Crippen molar-refractivity contribution in [3.63, 3.8) is 0 Å². The van der Waals surface area contributed by atoms with Crippen molar-refractivity contribution >= 4 is 5.78 Å². The largest absolute Gasteiger partial charge is 0.508 e.